The van der Waals surface area contributed by atoms with E-state index in [4.69, 9.17) is 9.47 Å². The predicted molar refractivity (Wildman–Crippen MR) is 116 cm³/mol. The summed E-state index contributed by atoms with van der Waals surface area (Å²) in [6.07, 6.45) is 0. The summed E-state index contributed by atoms with van der Waals surface area (Å²) in [5.41, 5.74) is 2.85. The number of benzene rings is 4. The second kappa shape index (κ2) is 8.21. The van der Waals surface area contributed by atoms with Crippen LogP contribution in [0.1, 0.15) is 31.8 Å². The molecule has 0 fully saturated rings. The summed E-state index contributed by atoms with van der Waals surface area (Å²) in [5.74, 6) is -0.254. The third-order valence-electron chi connectivity index (χ3n) is 4.74. The predicted octanol–water partition coefficient (Wildman–Crippen LogP) is 5.90. The molecule has 0 N–H and O–H groups in total. The van der Waals surface area contributed by atoms with E-state index < -0.39 is 11.9 Å². The number of carbonyl (C=O) groups excluding carboxylic acids is 2. The fourth-order valence-electron chi connectivity index (χ4n) is 3.30. The van der Waals surface area contributed by atoms with Crippen LogP contribution >= 0.6 is 0 Å². The second-order valence-corrected chi connectivity index (χ2v) is 7.13. The lowest BCUT2D eigenvalue weighted by atomic mass is 10.1. The SMILES string of the molecule is Cc1cccc(C(=O)Oc2cccc3cccc(OC(=O)c4cccc(C)c4)c23)c1. The molecule has 0 aliphatic carbocycles. The van der Waals surface area contributed by atoms with Gasteiger partial charge in [0.05, 0.1) is 16.5 Å². The van der Waals surface area contributed by atoms with Crippen molar-refractivity contribution < 1.29 is 19.1 Å². The molecule has 0 aromatic heterocycles. The van der Waals surface area contributed by atoms with Gasteiger partial charge in [0.2, 0.25) is 0 Å². The molecule has 0 unspecified atom stereocenters. The zero-order valence-electron chi connectivity index (χ0n) is 16.7. The van der Waals surface area contributed by atoms with Gasteiger partial charge in [-0.25, -0.2) is 9.59 Å². The Balaban J connectivity index is 1.70. The Morgan fingerprint density at radius 1 is 0.600 bits per heavy atom. The number of rotatable bonds is 4. The smallest absolute Gasteiger partial charge is 0.343 e. The van der Waals surface area contributed by atoms with Gasteiger partial charge in [-0.15, -0.1) is 0 Å². The molecule has 0 aliphatic rings. The van der Waals surface area contributed by atoms with Crippen LogP contribution in [0.15, 0.2) is 84.9 Å². The molecule has 4 heteroatoms. The highest BCUT2D eigenvalue weighted by Crippen LogP contribution is 2.35. The second-order valence-electron chi connectivity index (χ2n) is 7.13. The van der Waals surface area contributed by atoms with E-state index in [-0.39, 0.29) is 0 Å². The third-order valence-corrected chi connectivity index (χ3v) is 4.74. The average molecular weight is 396 g/mol. The van der Waals surface area contributed by atoms with Crippen molar-refractivity contribution in [1.29, 1.82) is 0 Å². The van der Waals surface area contributed by atoms with Gasteiger partial charge in [-0.2, -0.15) is 0 Å². The first-order valence-corrected chi connectivity index (χ1v) is 9.61. The molecule has 4 aromatic rings. The van der Waals surface area contributed by atoms with Crippen molar-refractivity contribution in [3.63, 3.8) is 0 Å². The first-order valence-electron chi connectivity index (χ1n) is 9.61. The number of carbonyl (C=O) groups is 2. The molecule has 0 saturated carbocycles. The summed E-state index contributed by atoms with van der Waals surface area (Å²) < 4.78 is 11.4. The fourth-order valence-corrected chi connectivity index (χ4v) is 3.30. The minimum absolute atomic E-state index is 0.339. The Morgan fingerprint density at radius 2 is 1.03 bits per heavy atom. The van der Waals surface area contributed by atoms with Crippen LogP contribution in [0.3, 0.4) is 0 Å². The van der Waals surface area contributed by atoms with Crippen molar-refractivity contribution in [1.82, 2.24) is 0 Å². The van der Waals surface area contributed by atoms with E-state index in [1.165, 1.54) is 0 Å². The van der Waals surface area contributed by atoms with Gasteiger partial charge in [-0.1, -0.05) is 59.7 Å². The maximum absolute atomic E-state index is 12.7. The Bertz CT molecular complexity index is 1160. The van der Waals surface area contributed by atoms with Crippen LogP contribution in [0.2, 0.25) is 0 Å². The van der Waals surface area contributed by atoms with Crippen molar-refractivity contribution in [2.45, 2.75) is 13.8 Å². The lowest BCUT2D eigenvalue weighted by Crippen LogP contribution is -2.11. The highest BCUT2D eigenvalue weighted by molar-refractivity contribution is 6.00. The molecule has 0 atom stereocenters. The number of hydrogen-bond donors (Lipinski definition) is 0. The topological polar surface area (TPSA) is 52.6 Å². The van der Waals surface area contributed by atoms with E-state index in [1.54, 1.807) is 48.5 Å². The maximum Gasteiger partial charge on any atom is 0.343 e. The molecular formula is C26H20O4. The van der Waals surface area contributed by atoms with Gasteiger partial charge in [0.1, 0.15) is 11.5 Å². The maximum atomic E-state index is 12.7. The van der Waals surface area contributed by atoms with Crippen LogP contribution in [0.4, 0.5) is 0 Å². The minimum atomic E-state index is -0.467. The molecule has 0 aliphatic heterocycles. The van der Waals surface area contributed by atoms with Gasteiger partial charge in [0.25, 0.3) is 0 Å². The molecular weight excluding hydrogens is 376 g/mol. The van der Waals surface area contributed by atoms with E-state index in [0.29, 0.717) is 28.0 Å². The lowest BCUT2D eigenvalue weighted by Gasteiger charge is -2.12. The van der Waals surface area contributed by atoms with E-state index >= 15 is 0 Å². The average Bonchev–Trinajstić information content (AvgIpc) is 2.74. The molecule has 0 amide bonds. The van der Waals surface area contributed by atoms with Crippen molar-refractivity contribution in [2.75, 3.05) is 0 Å². The van der Waals surface area contributed by atoms with E-state index in [0.717, 1.165) is 16.5 Å². The Morgan fingerprint density at radius 3 is 1.47 bits per heavy atom. The summed E-state index contributed by atoms with van der Waals surface area (Å²) in [4.78, 5) is 25.3. The van der Waals surface area contributed by atoms with Gasteiger partial charge >= 0.3 is 11.9 Å². The van der Waals surface area contributed by atoms with E-state index in [9.17, 15) is 9.59 Å². The largest absolute Gasteiger partial charge is 0.422 e. The first kappa shape index (κ1) is 19.4. The highest BCUT2D eigenvalue weighted by atomic mass is 16.5. The van der Waals surface area contributed by atoms with E-state index in [2.05, 4.69) is 0 Å². The zero-order valence-corrected chi connectivity index (χ0v) is 16.7. The van der Waals surface area contributed by atoms with Crippen molar-refractivity contribution >= 4 is 22.7 Å². The monoisotopic (exact) mass is 396 g/mol. The zero-order chi connectivity index (χ0) is 21.1. The van der Waals surface area contributed by atoms with Gasteiger partial charge < -0.3 is 9.47 Å². The van der Waals surface area contributed by atoms with E-state index in [1.807, 2.05) is 50.2 Å². The van der Waals surface area contributed by atoms with Crippen LogP contribution in [0, 0.1) is 13.8 Å². The van der Waals surface area contributed by atoms with Crippen molar-refractivity contribution in [3.8, 4) is 11.5 Å². The Kier molecular flexibility index (Phi) is 5.31. The summed E-state index contributed by atoms with van der Waals surface area (Å²) in [7, 11) is 0. The summed E-state index contributed by atoms with van der Waals surface area (Å²) in [6, 6.07) is 25.1. The van der Waals surface area contributed by atoms with Crippen LogP contribution in [0.25, 0.3) is 10.8 Å². The molecule has 0 saturated heterocycles. The quantitative estimate of drug-likeness (QED) is 0.319. The molecule has 0 radical (unpaired) electrons. The first-order chi connectivity index (χ1) is 14.5. The standard InChI is InChI=1S/C26H20O4/c1-17-7-3-11-20(15-17)25(27)29-22-13-5-9-19-10-6-14-23(24(19)22)30-26(28)21-12-4-8-18(2)16-21/h3-16H,1-2H3. The lowest BCUT2D eigenvalue weighted by molar-refractivity contribution is 0.0735. The number of aryl methyl sites for hydroxylation is 2. The molecule has 4 rings (SSSR count). The third kappa shape index (κ3) is 4.08. The van der Waals surface area contributed by atoms with Crippen molar-refractivity contribution in [2.24, 2.45) is 0 Å². The Labute approximate surface area is 174 Å². The molecule has 148 valence electrons. The number of ether oxygens (including phenoxy) is 2. The summed E-state index contributed by atoms with van der Waals surface area (Å²) >= 11 is 0. The van der Waals surface area contributed by atoms with Crippen LogP contribution < -0.4 is 9.47 Å². The number of fused-ring (bicyclic) bond motifs is 1. The summed E-state index contributed by atoms with van der Waals surface area (Å²) in [6.45, 7) is 3.83. The van der Waals surface area contributed by atoms with Crippen LogP contribution in [-0.4, -0.2) is 11.9 Å². The van der Waals surface area contributed by atoms with Gasteiger partial charge in [-0.05, 0) is 55.6 Å². The number of esters is 2. The number of hydrogen-bond acceptors (Lipinski definition) is 4. The van der Waals surface area contributed by atoms with Gasteiger partial charge in [0, 0.05) is 0 Å². The normalized spacial score (nSPS) is 10.6. The molecule has 4 nitrogen and oxygen atoms in total. The van der Waals surface area contributed by atoms with Gasteiger partial charge in [-0.3, -0.25) is 0 Å². The molecule has 30 heavy (non-hydrogen) atoms. The molecule has 4 aromatic carbocycles. The minimum Gasteiger partial charge on any atom is -0.422 e. The molecule has 0 heterocycles. The van der Waals surface area contributed by atoms with Crippen LogP contribution in [0.5, 0.6) is 11.5 Å². The van der Waals surface area contributed by atoms with Crippen LogP contribution in [-0.2, 0) is 0 Å². The molecule has 0 spiro atoms. The highest BCUT2D eigenvalue weighted by Gasteiger charge is 2.16. The van der Waals surface area contributed by atoms with Gasteiger partial charge in [0.15, 0.2) is 0 Å². The van der Waals surface area contributed by atoms with Crippen molar-refractivity contribution in [3.05, 3.63) is 107 Å². The summed E-state index contributed by atoms with van der Waals surface area (Å²) in [5, 5.41) is 1.38. The Hall–Kier alpha value is -3.92. The fraction of sp³-hybridized carbons (Fsp3) is 0.0769. The molecule has 0 bridgehead atoms.